The molecular formula is C8H8BNO3. The maximum absolute atomic E-state index is 11.2. The Labute approximate surface area is 75.3 Å². The highest BCUT2D eigenvalue weighted by molar-refractivity contribution is 6.58. The SMILES string of the molecule is O=C1NCc2ccc(B(O)O)cc21. The van der Waals surface area contributed by atoms with E-state index in [0.717, 1.165) is 5.56 Å². The molecule has 5 heteroatoms. The number of benzene rings is 1. The summed E-state index contributed by atoms with van der Waals surface area (Å²) in [6.07, 6.45) is 0. The Bertz CT molecular complexity index is 364. The van der Waals surface area contributed by atoms with Crippen molar-refractivity contribution in [2.75, 3.05) is 0 Å². The van der Waals surface area contributed by atoms with E-state index >= 15 is 0 Å². The highest BCUT2D eigenvalue weighted by atomic mass is 16.4. The number of carbonyl (C=O) groups is 1. The molecule has 2 rings (SSSR count). The number of hydrogen-bond acceptors (Lipinski definition) is 3. The fourth-order valence-electron chi connectivity index (χ4n) is 1.39. The lowest BCUT2D eigenvalue weighted by molar-refractivity contribution is 0.0966. The summed E-state index contributed by atoms with van der Waals surface area (Å²) in [5, 5.41) is 20.4. The van der Waals surface area contributed by atoms with E-state index in [9.17, 15) is 4.79 Å². The van der Waals surface area contributed by atoms with Crippen LogP contribution in [0.4, 0.5) is 0 Å². The summed E-state index contributed by atoms with van der Waals surface area (Å²) >= 11 is 0. The zero-order valence-electron chi connectivity index (χ0n) is 6.82. The molecular weight excluding hydrogens is 169 g/mol. The van der Waals surface area contributed by atoms with E-state index in [4.69, 9.17) is 10.0 Å². The van der Waals surface area contributed by atoms with Crippen molar-refractivity contribution in [3.63, 3.8) is 0 Å². The molecule has 0 bridgehead atoms. The van der Waals surface area contributed by atoms with Crippen molar-refractivity contribution in [1.82, 2.24) is 5.32 Å². The molecule has 1 aromatic carbocycles. The van der Waals surface area contributed by atoms with Crippen LogP contribution < -0.4 is 10.8 Å². The maximum Gasteiger partial charge on any atom is 0.488 e. The molecule has 0 saturated heterocycles. The van der Waals surface area contributed by atoms with Gasteiger partial charge in [-0.15, -0.1) is 0 Å². The lowest BCUT2D eigenvalue weighted by Gasteiger charge is -2.00. The van der Waals surface area contributed by atoms with Crippen LogP contribution in [0.25, 0.3) is 0 Å². The van der Waals surface area contributed by atoms with Gasteiger partial charge in [0.1, 0.15) is 0 Å². The quantitative estimate of drug-likeness (QED) is 0.462. The van der Waals surface area contributed by atoms with Crippen molar-refractivity contribution in [2.45, 2.75) is 6.54 Å². The molecule has 66 valence electrons. The van der Waals surface area contributed by atoms with Gasteiger partial charge in [0, 0.05) is 12.1 Å². The molecule has 1 aliphatic heterocycles. The molecule has 0 spiro atoms. The first-order valence-electron chi connectivity index (χ1n) is 3.95. The number of hydrogen-bond donors (Lipinski definition) is 3. The van der Waals surface area contributed by atoms with Gasteiger partial charge >= 0.3 is 7.12 Å². The van der Waals surface area contributed by atoms with Gasteiger partial charge in [-0.25, -0.2) is 0 Å². The zero-order chi connectivity index (χ0) is 9.42. The second-order valence-corrected chi connectivity index (χ2v) is 2.97. The van der Waals surface area contributed by atoms with Gasteiger partial charge in [-0.05, 0) is 17.1 Å². The molecule has 0 aromatic heterocycles. The highest BCUT2D eigenvalue weighted by Crippen LogP contribution is 2.12. The van der Waals surface area contributed by atoms with Crippen LogP contribution in [0.5, 0.6) is 0 Å². The van der Waals surface area contributed by atoms with Gasteiger partial charge in [0.05, 0.1) is 0 Å². The Kier molecular flexibility index (Phi) is 1.83. The second-order valence-electron chi connectivity index (χ2n) is 2.97. The fraction of sp³-hybridized carbons (Fsp3) is 0.125. The van der Waals surface area contributed by atoms with Gasteiger partial charge < -0.3 is 15.4 Å². The monoisotopic (exact) mass is 177 g/mol. The third-order valence-corrected chi connectivity index (χ3v) is 2.12. The average Bonchev–Trinajstić information content (AvgIpc) is 2.47. The molecule has 0 saturated carbocycles. The topological polar surface area (TPSA) is 69.6 Å². The lowest BCUT2D eigenvalue weighted by atomic mass is 9.79. The summed E-state index contributed by atoms with van der Waals surface area (Å²) < 4.78 is 0. The Morgan fingerprint density at radius 2 is 2.15 bits per heavy atom. The van der Waals surface area contributed by atoms with Crippen molar-refractivity contribution in [1.29, 1.82) is 0 Å². The standard InChI is InChI=1S/C8H8BNO3/c11-8-7-3-6(9(12)13)2-1-5(7)4-10-8/h1-3,12-13H,4H2,(H,10,11). The minimum atomic E-state index is -1.52. The molecule has 0 aliphatic carbocycles. The Morgan fingerprint density at radius 3 is 2.85 bits per heavy atom. The summed E-state index contributed by atoms with van der Waals surface area (Å²) in [5.74, 6) is -0.155. The Hall–Kier alpha value is -1.33. The Balaban J connectivity index is 2.48. The van der Waals surface area contributed by atoms with Crippen LogP contribution in [-0.4, -0.2) is 23.1 Å². The summed E-state index contributed by atoms with van der Waals surface area (Å²) in [4.78, 5) is 11.2. The third-order valence-electron chi connectivity index (χ3n) is 2.12. The first kappa shape index (κ1) is 8.28. The van der Waals surface area contributed by atoms with Gasteiger partial charge in [0.15, 0.2) is 0 Å². The number of nitrogens with one attached hydrogen (secondary N) is 1. The molecule has 1 amide bonds. The number of fused-ring (bicyclic) bond motifs is 1. The van der Waals surface area contributed by atoms with Gasteiger partial charge in [-0.3, -0.25) is 4.79 Å². The molecule has 4 nitrogen and oxygen atoms in total. The largest absolute Gasteiger partial charge is 0.488 e. The summed E-state index contributed by atoms with van der Waals surface area (Å²) in [6, 6.07) is 4.83. The van der Waals surface area contributed by atoms with Gasteiger partial charge in [-0.1, -0.05) is 12.1 Å². The molecule has 0 radical (unpaired) electrons. The highest BCUT2D eigenvalue weighted by Gasteiger charge is 2.21. The summed E-state index contributed by atoms with van der Waals surface area (Å²) in [7, 11) is -1.52. The summed E-state index contributed by atoms with van der Waals surface area (Å²) in [6.45, 7) is 0.524. The lowest BCUT2D eigenvalue weighted by Crippen LogP contribution is -2.30. The van der Waals surface area contributed by atoms with Crippen molar-refractivity contribution in [2.24, 2.45) is 0 Å². The van der Waals surface area contributed by atoms with Crippen LogP contribution in [-0.2, 0) is 6.54 Å². The fourth-order valence-corrected chi connectivity index (χ4v) is 1.39. The van der Waals surface area contributed by atoms with Gasteiger partial charge in [0.2, 0.25) is 0 Å². The van der Waals surface area contributed by atoms with E-state index in [0.29, 0.717) is 17.6 Å². The molecule has 1 heterocycles. The molecule has 0 unspecified atom stereocenters. The molecule has 0 atom stereocenters. The van der Waals surface area contributed by atoms with Crippen LogP contribution in [0.2, 0.25) is 0 Å². The van der Waals surface area contributed by atoms with E-state index in [2.05, 4.69) is 5.32 Å². The molecule has 3 N–H and O–H groups in total. The Morgan fingerprint density at radius 1 is 1.38 bits per heavy atom. The maximum atomic E-state index is 11.2. The van der Waals surface area contributed by atoms with Gasteiger partial charge in [-0.2, -0.15) is 0 Å². The van der Waals surface area contributed by atoms with Crippen LogP contribution >= 0.6 is 0 Å². The number of amides is 1. The van der Waals surface area contributed by atoms with E-state index in [1.54, 1.807) is 12.1 Å². The molecule has 13 heavy (non-hydrogen) atoms. The van der Waals surface area contributed by atoms with Crippen molar-refractivity contribution >= 4 is 18.5 Å². The summed E-state index contributed by atoms with van der Waals surface area (Å²) in [5.41, 5.74) is 1.77. The minimum Gasteiger partial charge on any atom is -0.423 e. The molecule has 1 aromatic rings. The van der Waals surface area contributed by atoms with E-state index in [-0.39, 0.29) is 5.91 Å². The van der Waals surface area contributed by atoms with Crippen molar-refractivity contribution in [3.05, 3.63) is 29.3 Å². The van der Waals surface area contributed by atoms with Crippen LogP contribution in [0.3, 0.4) is 0 Å². The minimum absolute atomic E-state index is 0.155. The van der Waals surface area contributed by atoms with Crippen molar-refractivity contribution < 1.29 is 14.8 Å². The zero-order valence-corrected chi connectivity index (χ0v) is 6.82. The third kappa shape index (κ3) is 1.32. The van der Waals surface area contributed by atoms with Crippen LogP contribution in [0.15, 0.2) is 18.2 Å². The smallest absolute Gasteiger partial charge is 0.423 e. The molecule has 0 fully saturated rings. The predicted molar refractivity (Wildman–Crippen MR) is 47.4 cm³/mol. The van der Waals surface area contributed by atoms with E-state index in [1.807, 2.05) is 0 Å². The van der Waals surface area contributed by atoms with E-state index < -0.39 is 7.12 Å². The van der Waals surface area contributed by atoms with Crippen LogP contribution in [0.1, 0.15) is 15.9 Å². The van der Waals surface area contributed by atoms with Gasteiger partial charge in [0.25, 0.3) is 5.91 Å². The second kappa shape index (κ2) is 2.87. The average molecular weight is 177 g/mol. The first-order chi connectivity index (χ1) is 6.18. The molecule has 1 aliphatic rings. The number of rotatable bonds is 1. The van der Waals surface area contributed by atoms with Crippen molar-refractivity contribution in [3.8, 4) is 0 Å². The first-order valence-corrected chi connectivity index (χ1v) is 3.95. The van der Waals surface area contributed by atoms with Crippen LogP contribution in [0, 0.1) is 0 Å². The number of carbonyl (C=O) groups excluding carboxylic acids is 1. The normalized spacial score (nSPS) is 13.8. The van der Waals surface area contributed by atoms with E-state index in [1.165, 1.54) is 6.07 Å². The predicted octanol–water partition coefficient (Wildman–Crippen LogP) is -1.39.